The maximum atomic E-state index is 12.6. The van der Waals surface area contributed by atoms with Gasteiger partial charge >= 0.3 is 0 Å². The quantitative estimate of drug-likeness (QED) is 0.851. The van der Waals surface area contributed by atoms with Crippen molar-refractivity contribution in [2.45, 2.75) is 24.5 Å². The van der Waals surface area contributed by atoms with Crippen LogP contribution < -0.4 is 5.32 Å². The molecule has 1 aromatic rings. The van der Waals surface area contributed by atoms with Crippen LogP contribution in [0.1, 0.15) is 24.5 Å². The first-order chi connectivity index (χ1) is 12.8. The number of ether oxygens (including phenoxy) is 1. The summed E-state index contributed by atoms with van der Waals surface area (Å²) in [5.41, 5.74) is 1.58. The van der Waals surface area contributed by atoms with Crippen molar-refractivity contribution in [3.63, 3.8) is 0 Å². The highest BCUT2D eigenvalue weighted by atomic mass is 32.2. The number of morpholine rings is 1. The second-order valence-corrected chi connectivity index (χ2v) is 8.16. The predicted octanol–water partition coefficient (Wildman–Crippen LogP) is 1.83. The Hall–Kier alpha value is -1.57. The van der Waals surface area contributed by atoms with Gasteiger partial charge in [0.2, 0.25) is 0 Å². The minimum atomic E-state index is -0.160. The minimum Gasteiger partial charge on any atom is -0.387 e. The van der Waals surface area contributed by atoms with E-state index in [4.69, 9.17) is 9.57 Å². The average Bonchev–Trinajstić information content (AvgIpc) is 3.38. The van der Waals surface area contributed by atoms with Crippen molar-refractivity contribution in [1.82, 2.24) is 10.2 Å². The maximum Gasteiger partial charge on any atom is 0.269 e. The van der Waals surface area contributed by atoms with E-state index in [1.54, 1.807) is 0 Å². The van der Waals surface area contributed by atoms with Crippen LogP contribution in [-0.4, -0.2) is 66.4 Å². The Balaban J connectivity index is 1.34. The van der Waals surface area contributed by atoms with Gasteiger partial charge in [0, 0.05) is 37.3 Å². The van der Waals surface area contributed by atoms with E-state index in [1.807, 2.05) is 42.1 Å². The lowest BCUT2D eigenvalue weighted by molar-refractivity contribution is -0.115. The second-order valence-electron chi connectivity index (χ2n) is 7.06. The third-order valence-electron chi connectivity index (χ3n) is 5.44. The van der Waals surface area contributed by atoms with Crippen LogP contribution in [0.3, 0.4) is 0 Å². The summed E-state index contributed by atoms with van der Waals surface area (Å²) in [6, 6.07) is 9.92. The van der Waals surface area contributed by atoms with Gasteiger partial charge in [-0.05, 0) is 17.7 Å². The Kier molecular flexibility index (Phi) is 5.47. The van der Waals surface area contributed by atoms with E-state index in [-0.39, 0.29) is 17.6 Å². The van der Waals surface area contributed by atoms with E-state index in [0.29, 0.717) is 18.7 Å². The third-order valence-corrected chi connectivity index (χ3v) is 6.68. The Bertz CT molecular complexity index is 655. The van der Waals surface area contributed by atoms with E-state index in [9.17, 15) is 4.79 Å². The number of carbonyl (C=O) groups excluding carboxylic acids is 1. The van der Waals surface area contributed by atoms with Gasteiger partial charge in [0.05, 0.1) is 13.2 Å². The number of thioether (sulfide) groups is 1. The molecule has 140 valence electrons. The van der Waals surface area contributed by atoms with E-state index in [2.05, 4.69) is 15.4 Å². The molecule has 3 heterocycles. The predicted molar refractivity (Wildman–Crippen MR) is 102 cm³/mol. The fourth-order valence-corrected chi connectivity index (χ4v) is 5.32. The molecule has 1 aromatic carbocycles. The summed E-state index contributed by atoms with van der Waals surface area (Å²) in [6.07, 6.45) is 1.47. The number of rotatable bonds is 5. The molecule has 0 bridgehead atoms. The van der Waals surface area contributed by atoms with Gasteiger partial charge in [-0.3, -0.25) is 9.69 Å². The van der Waals surface area contributed by atoms with Gasteiger partial charge in [-0.15, -0.1) is 0 Å². The number of oxime groups is 1. The monoisotopic (exact) mass is 375 g/mol. The number of hydrogen-bond donors (Lipinski definition) is 1. The van der Waals surface area contributed by atoms with Crippen LogP contribution in [0, 0.1) is 0 Å². The largest absolute Gasteiger partial charge is 0.387 e. The molecule has 1 amide bonds. The van der Waals surface area contributed by atoms with E-state index in [1.165, 1.54) is 0 Å². The summed E-state index contributed by atoms with van der Waals surface area (Å²) >= 11 is 1.97. The van der Waals surface area contributed by atoms with Crippen LogP contribution >= 0.6 is 11.8 Å². The van der Waals surface area contributed by atoms with Crippen LogP contribution in [0.15, 0.2) is 35.5 Å². The Morgan fingerprint density at radius 1 is 1.31 bits per heavy atom. The molecule has 0 unspecified atom stereocenters. The Morgan fingerprint density at radius 3 is 2.85 bits per heavy atom. The molecule has 4 rings (SSSR count). The molecule has 2 saturated heterocycles. The highest BCUT2D eigenvalue weighted by Crippen LogP contribution is 2.34. The molecule has 0 spiro atoms. The molecule has 0 radical (unpaired) electrons. The van der Waals surface area contributed by atoms with Gasteiger partial charge in [0.1, 0.15) is 5.71 Å². The lowest BCUT2D eigenvalue weighted by Gasteiger charge is -2.43. The SMILES string of the molecule is O=C(NC[C@@]1(N2CCOCC2)CCSC1)C1=NO[C@H](c2ccccc2)C1. The third kappa shape index (κ3) is 3.75. The van der Waals surface area contributed by atoms with Gasteiger partial charge in [-0.25, -0.2) is 0 Å². The first-order valence-electron chi connectivity index (χ1n) is 9.23. The van der Waals surface area contributed by atoms with Crippen molar-refractivity contribution in [1.29, 1.82) is 0 Å². The highest BCUT2D eigenvalue weighted by Gasteiger charge is 2.41. The molecule has 0 aromatic heterocycles. The van der Waals surface area contributed by atoms with E-state index in [0.717, 1.165) is 49.8 Å². The number of amides is 1. The normalized spacial score (nSPS) is 29.2. The van der Waals surface area contributed by atoms with E-state index >= 15 is 0 Å². The molecule has 3 aliphatic rings. The molecule has 0 aliphatic carbocycles. The average molecular weight is 375 g/mol. The Labute approximate surface area is 158 Å². The molecule has 1 N–H and O–H groups in total. The molecule has 6 nitrogen and oxygen atoms in total. The van der Waals surface area contributed by atoms with Crippen LogP contribution in [0.5, 0.6) is 0 Å². The van der Waals surface area contributed by atoms with Crippen molar-refractivity contribution in [2.24, 2.45) is 5.16 Å². The first kappa shape index (κ1) is 17.8. The zero-order valence-corrected chi connectivity index (χ0v) is 15.7. The van der Waals surface area contributed by atoms with Gasteiger partial charge in [0.25, 0.3) is 5.91 Å². The lowest BCUT2D eigenvalue weighted by Crippen LogP contribution is -2.59. The van der Waals surface area contributed by atoms with Gasteiger partial charge in [0.15, 0.2) is 6.10 Å². The standard InChI is InChI=1S/C19H25N3O3S/c23-18(16-12-17(25-21-16)15-4-2-1-3-5-15)20-13-19(6-11-26-14-19)22-7-9-24-10-8-22/h1-5,17H,6-14H2,(H,20,23)/t17-,19-/m0/s1. The molecular weight excluding hydrogens is 350 g/mol. The molecular formula is C19H25N3O3S. The smallest absolute Gasteiger partial charge is 0.269 e. The number of nitrogens with one attached hydrogen (secondary N) is 1. The second kappa shape index (κ2) is 7.98. The minimum absolute atomic E-state index is 0.0446. The van der Waals surface area contributed by atoms with Gasteiger partial charge < -0.3 is 14.9 Å². The maximum absolute atomic E-state index is 12.6. The van der Waals surface area contributed by atoms with Crippen molar-refractivity contribution in [3.8, 4) is 0 Å². The van der Waals surface area contributed by atoms with Gasteiger partial charge in [-0.2, -0.15) is 11.8 Å². The van der Waals surface area contributed by atoms with Crippen molar-refractivity contribution in [3.05, 3.63) is 35.9 Å². The first-order valence-corrected chi connectivity index (χ1v) is 10.4. The number of hydrogen-bond acceptors (Lipinski definition) is 6. The zero-order chi connectivity index (χ0) is 17.8. The summed E-state index contributed by atoms with van der Waals surface area (Å²) < 4.78 is 5.49. The fourth-order valence-electron chi connectivity index (χ4n) is 3.84. The molecule has 26 heavy (non-hydrogen) atoms. The summed E-state index contributed by atoms with van der Waals surface area (Å²) in [5, 5.41) is 7.17. The van der Waals surface area contributed by atoms with Crippen molar-refractivity contribution in [2.75, 3.05) is 44.4 Å². The topological polar surface area (TPSA) is 63.2 Å². The van der Waals surface area contributed by atoms with Crippen LogP contribution in [0.4, 0.5) is 0 Å². The molecule has 3 aliphatic heterocycles. The highest BCUT2D eigenvalue weighted by molar-refractivity contribution is 7.99. The molecule has 2 atom stereocenters. The van der Waals surface area contributed by atoms with Crippen molar-refractivity contribution >= 4 is 23.4 Å². The zero-order valence-electron chi connectivity index (χ0n) is 14.9. The number of nitrogens with zero attached hydrogens (tertiary/aromatic N) is 2. The van der Waals surface area contributed by atoms with Crippen LogP contribution in [0.2, 0.25) is 0 Å². The lowest BCUT2D eigenvalue weighted by atomic mass is 9.95. The number of benzene rings is 1. The van der Waals surface area contributed by atoms with Crippen LogP contribution in [0.25, 0.3) is 0 Å². The van der Waals surface area contributed by atoms with Gasteiger partial charge in [-0.1, -0.05) is 35.5 Å². The van der Waals surface area contributed by atoms with Crippen molar-refractivity contribution < 1.29 is 14.4 Å². The fraction of sp³-hybridized carbons (Fsp3) is 0.579. The summed E-state index contributed by atoms with van der Waals surface area (Å²) in [7, 11) is 0. The summed E-state index contributed by atoms with van der Waals surface area (Å²) in [6.45, 7) is 4.10. The summed E-state index contributed by atoms with van der Waals surface area (Å²) in [5.74, 6) is 2.10. The molecule has 7 heteroatoms. The summed E-state index contributed by atoms with van der Waals surface area (Å²) in [4.78, 5) is 20.6. The van der Waals surface area contributed by atoms with Crippen LogP contribution in [-0.2, 0) is 14.4 Å². The Morgan fingerprint density at radius 2 is 2.12 bits per heavy atom. The molecule has 0 saturated carbocycles. The van der Waals surface area contributed by atoms with E-state index < -0.39 is 0 Å². The number of carbonyl (C=O) groups is 1. The molecule has 2 fully saturated rings.